The van der Waals surface area contributed by atoms with Crippen LogP contribution >= 0.6 is 11.6 Å². The summed E-state index contributed by atoms with van der Waals surface area (Å²) in [6, 6.07) is 24.0. The molecular weight excluding hydrogens is 452 g/mol. The molecule has 0 N–H and O–H groups in total. The van der Waals surface area contributed by atoms with Gasteiger partial charge < -0.3 is 4.52 Å². The lowest BCUT2D eigenvalue weighted by molar-refractivity contribution is 0.430. The van der Waals surface area contributed by atoms with Gasteiger partial charge >= 0.3 is 0 Å². The first kappa shape index (κ1) is 20.1. The Bertz CT molecular complexity index is 1660. The highest BCUT2D eigenvalue weighted by molar-refractivity contribution is 6.30. The van der Waals surface area contributed by atoms with Crippen LogP contribution in [0.5, 0.6) is 0 Å². The SMILES string of the molecule is O=c1c2cnn(-c3ccccc3)c2nc(-c2ccc(-c3ncno3)cc2)n1-c1ccc(Cl)cc1. The number of fused-ring (bicyclic) bond motifs is 1. The Hall–Kier alpha value is -4.56. The number of aromatic nitrogens is 6. The minimum atomic E-state index is -0.231. The van der Waals surface area contributed by atoms with Crippen LogP contribution in [0.25, 0.3) is 45.3 Å². The molecule has 8 nitrogen and oxygen atoms in total. The molecule has 0 bridgehead atoms. The van der Waals surface area contributed by atoms with Crippen molar-refractivity contribution in [1.82, 2.24) is 29.5 Å². The van der Waals surface area contributed by atoms with Gasteiger partial charge in [-0.1, -0.05) is 47.1 Å². The van der Waals surface area contributed by atoms with Crippen LogP contribution in [0.3, 0.4) is 0 Å². The number of para-hydroxylation sites is 1. The van der Waals surface area contributed by atoms with Crippen LogP contribution < -0.4 is 5.56 Å². The molecule has 0 atom stereocenters. The molecule has 34 heavy (non-hydrogen) atoms. The van der Waals surface area contributed by atoms with Crippen molar-refractivity contribution in [2.24, 2.45) is 0 Å². The molecule has 6 aromatic rings. The second-order valence-corrected chi connectivity index (χ2v) is 7.94. The smallest absolute Gasteiger partial charge is 0.269 e. The van der Waals surface area contributed by atoms with Gasteiger partial charge in [-0.3, -0.25) is 9.36 Å². The highest BCUT2D eigenvalue weighted by atomic mass is 35.5. The Morgan fingerprint density at radius 2 is 1.56 bits per heavy atom. The Morgan fingerprint density at radius 1 is 0.824 bits per heavy atom. The number of hydrogen-bond donors (Lipinski definition) is 0. The van der Waals surface area contributed by atoms with Gasteiger partial charge in [-0.25, -0.2) is 9.67 Å². The summed E-state index contributed by atoms with van der Waals surface area (Å²) >= 11 is 6.09. The summed E-state index contributed by atoms with van der Waals surface area (Å²) in [6.45, 7) is 0. The Labute approximate surface area is 197 Å². The van der Waals surface area contributed by atoms with E-state index >= 15 is 0 Å². The van der Waals surface area contributed by atoms with Gasteiger partial charge in [0.1, 0.15) is 11.2 Å². The van der Waals surface area contributed by atoms with Gasteiger partial charge in [0.2, 0.25) is 0 Å². The lowest BCUT2D eigenvalue weighted by Gasteiger charge is -2.14. The van der Waals surface area contributed by atoms with E-state index in [1.165, 1.54) is 6.33 Å². The van der Waals surface area contributed by atoms with Gasteiger partial charge in [-0.15, -0.1) is 0 Å². The van der Waals surface area contributed by atoms with E-state index in [2.05, 4.69) is 15.2 Å². The molecule has 3 heterocycles. The Kier molecular flexibility index (Phi) is 4.78. The summed E-state index contributed by atoms with van der Waals surface area (Å²) in [5.74, 6) is 0.877. The highest BCUT2D eigenvalue weighted by Crippen LogP contribution is 2.26. The van der Waals surface area contributed by atoms with Crippen molar-refractivity contribution < 1.29 is 4.52 Å². The first-order valence-electron chi connectivity index (χ1n) is 10.4. The number of nitrogens with zero attached hydrogens (tertiary/aromatic N) is 6. The van der Waals surface area contributed by atoms with Crippen molar-refractivity contribution in [3.8, 4) is 34.2 Å². The minimum absolute atomic E-state index is 0.231. The molecule has 0 saturated carbocycles. The van der Waals surface area contributed by atoms with E-state index in [9.17, 15) is 4.79 Å². The average Bonchev–Trinajstić information content (AvgIpc) is 3.56. The zero-order chi connectivity index (χ0) is 23.1. The summed E-state index contributed by atoms with van der Waals surface area (Å²) in [6.07, 6.45) is 2.90. The lowest BCUT2D eigenvalue weighted by Crippen LogP contribution is -2.22. The molecule has 3 aromatic heterocycles. The van der Waals surface area contributed by atoms with E-state index < -0.39 is 0 Å². The molecule has 0 radical (unpaired) electrons. The molecule has 0 amide bonds. The number of rotatable bonds is 4. The largest absolute Gasteiger partial charge is 0.334 e. The Morgan fingerprint density at radius 3 is 2.26 bits per heavy atom. The van der Waals surface area contributed by atoms with E-state index in [0.29, 0.717) is 33.5 Å². The van der Waals surface area contributed by atoms with Crippen LogP contribution in [-0.2, 0) is 0 Å². The molecule has 3 aromatic carbocycles. The maximum Gasteiger partial charge on any atom is 0.269 e. The lowest BCUT2D eigenvalue weighted by atomic mass is 10.1. The minimum Gasteiger partial charge on any atom is -0.334 e. The zero-order valence-electron chi connectivity index (χ0n) is 17.5. The Balaban J connectivity index is 1.61. The molecule has 0 aliphatic carbocycles. The van der Waals surface area contributed by atoms with Crippen LogP contribution in [0, 0.1) is 0 Å². The van der Waals surface area contributed by atoms with Crippen LogP contribution in [0.4, 0.5) is 0 Å². The van der Waals surface area contributed by atoms with E-state index in [-0.39, 0.29) is 5.56 Å². The van der Waals surface area contributed by atoms with Crippen molar-refractivity contribution >= 4 is 22.6 Å². The molecular formula is C25H15ClN6O2. The highest BCUT2D eigenvalue weighted by Gasteiger charge is 2.19. The summed E-state index contributed by atoms with van der Waals surface area (Å²) < 4.78 is 8.38. The van der Waals surface area contributed by atoms with Crippen LogP contribution in [0.2, 0.25) is 5.02 Å². The summed E-state index contributed by atoms with van der Waals surface area (Å²) in [5.41, 5.74) is 3.19. The molecule has 9 heteroatoms. The van der Waals surface area contributed by atoms with Gasteiger partial charge in [-0.2, -0.15) is 10.1 Å². The summed E-state index contributed by atoms with van der Waals surface area (Å²) in [4.78, 5) is 22.7. The monoisotopic (exact) mass is 466 g/mol. The molecule has 0 aliphatic rings. The van der Waals surface area contributed by atoms with Gasteiger partial charge in [0.25, 0.3) is 11.4 Å². The van der Waals surface area contributed by atoms with Crippen molar-refractivity contribution in [1.29, 1.82) is 0 Å². The maximum atomic E-state index is 13.7. The van der Waals surface area contributed by atoms with Gasteiger partial charge in [0.05, 0.1) is 17.6 Å². The van der Waals surface area contributed by atoms with Crippen LogP contribution in [-0.4, -0.2) is 29.5 Å². The van der Waals surface area contributed by atoms with Crippen molar-refractivity contribution in [3.05, 3.63) is 107 Å². The standard InChI is InChI=1S/C25H15ClN6O2/c26-18-10-12-19(13-11-18)31-22(16-6-8-17(9-7-16)24-27-15-29-34-24)30-23-21(25(31)33)14-28-32(23)20-4-2-1-3-5-20/h1-15H. The molecule has 0 spiro atoms. The molecule has 0 saturated heterocycles. The van der Waals surface area contributed by atoms with E-state index in [4.69, 9.17) is 21.1 Å². The third-order valence-corrected chi connectivity index (χ3v) is 5.69. The van der Waals surface area contributed by atoms with Gasteiger partial charge in [0, 0.05) is 16.1 Å². The molecule has 0 unspecified atom stereocenters. The predicted molar refractivity (Wildman–Crippen MR) is 128 cm³/mol. The first-order valence-corrected chi connectivity index (χ1v) is 10.8. The van der Waals surface area contributed by atoms with Gasteiger partial charge in [0.15, 0.2) is 12.0 Å². The normalized spacial score (nSPS) is 11.2. The summed E-state index contributed by atoms with van der Waals surface area (Å²) in [5, 5.41) is 9.09. The first-order chi connectivity index (χ1) is 16.7. The van der Waals surface area contributed by atoms with E-state index in [1.807, 2.05) is 54.6 Å². The second-order valence-electron chi connectivity index (χ2n) is 7.51. The van der Waals surface area contributed by atoms with Crippen LogP contribution in [0.1, 0.15) is 0 Å². The molecule has 0 aliphatic heterocycles. The molecule has 164 valence electrons. The number of hydrogen-bond acceptors (Lipinski definition) is 6. The second kappa shape index (κ2) is 8.09. The van der Waals surface area contributed by atoms with Crippen molar-refractivity contribution in [2.45, 2.75) is 0 Å². The maximum absolute atomic E-state index is 13.7. The van der Waals surface area contributed by atoms with Crippen LogP contribution in [0.15, 0.2) is 101 Å². The fourth-order valence-corrected chi connectivity index (χ4v) is 3.94. The van der Waals surface area contributed by atoms with Crippen molar-refractivity contribution in [3.63, 3.8) is 0 Å². The number of halogens is 1. The zero-order valence-corrected chi connectivity index (χ0v) is 18.3. The quantitative estimate of drug-likeness (QED) is 0.365. The van der Waals surface area contributed by atoms with Crippen molar-refractivity contribution in [2.75, 3.05) is 0 Å². The van der Waals surface area contributed by atoms with E-state index in [1.54, 1.807) is 39.7 Å². The number of benzene rings is 3. The van der Waals surface area contributed by atoms with E-state index in [0.717, 1.165) is 16.8 Å². The third-order valence-electron chi connectivity index (χ3n) is 5.44. The van der Waals surface area contributed by atoms with Gasteiger partial charge in [-0.05, 0) is 48.5 Å². The topological polar surface area (TPSA) is 91.6 Å². The fraction of sp³-hybridized carbons (Fsp3) is 0. The molecule has 0 fully saturated rings. The average molecular weight is 467 g/mol. The predicted octanol–water partition coefficient (Wildman–Crippen LogP) is 4.94. The molecule has 6 rings (SSSR count). The third kappa shape index (κ3) is 3.37. The fourth-order valence-electron chi connectivity index (χ4n) is 3.81. The summed E-state index contributed by atoms with van der Waals surface area (Å²) in [7, 11) is 0.